The Balaban J connectivity index is 0.596. The first-order valence-electron chi connectivity index (χ1n) is 36.4. The lowest BCUT2D eigenvalue weighted by Gasteiger charge is -2.29. The number of primary amides is 2. The fourth-order valence-corrected chi connectivity index (χ4v) is 16.0. The SMILES string of the molecule is Cc1sc2c(c1C)C(c1ccc(Cl)cc1)=N[C@@H](C(CCOCCOCCOCCOCC(C)(COCCOCCOCCOCCC(C(N)=O)[C@@H]1N=C(c3ccc(Cl)cc3)c3c(sc(C)c3C)-n3c(C)nnc31)COCC(=O)NCCNc1cccc3c1C(=O)N(C1CCC(=O)NC1=O)C3=O)C(N)=O)c1nnc(C)n1-2. The molecule has 8 heterocycles. The Bertz CT molecular complexity index is 4320. The minimum Gasteiger partial charge on any atom is -0.383 e. The topological polar surface area (TPSA) is 380 Å². The highest BCUT2D eigenvalue weighted by Gasteiger charge is 2.46. The van der Waals surface area contributed by atoms with E-state index in [0.717, 1.165) is 58.0 Å². The van der Waals surface area contributed by atoms with Crippen molar-refractivity contribution in [3.63, 3.8) is 0 Å². The van der Waals surface area contributed by atoms with Crippen LogP contribution in [0, 0.1) is 58.8 Å². The van der Waals surface area contributed by atoms with Gasteiger partial charge in [-0.15, -0.1) is 43.1 Å². The number of imide groups is 2. The number of halogens is 2. The third-order valence-corrected chi connectivity index (χ3v) is 22.2. The first kappa shape index (κ1) is 82.4. The van der Waals surface area contributed by atoms with Crippen LogP contribution in [0.1, 0.15) is 132 Å². The molecule has 110 heavy (non-hydrogen) atoms. The van der Waals surface area contributed by atoms with Crippen molar-refractivity contribution in [3.8, 4) is 10.0 Å². The number of fused-ring (bicyclic) bond motifs is 7. The number of ether oxygens (including phenoxy) is 9. The normalized spacial score (nSPS) is 17.1. The van der Waals surface area contributed by atoms with E-state index >= 15 is 0 Å². The molecule has 11 rings (SSSR count). The second-order valence-electron chi connectivity index (χ2n) is 27.3. The summed E-state index contributed by atoms with van der Waals surface area (Å²) in [6.45, 7) is 17.9. The number of carbonyl (C=O) groups is 7. The Hall–Kier alpha value is -8.61. The number of aryl methyl sites for hydroxylation is 4. The summed E-state index contributed by atoms with van der Waals surface area (Å²) in [5, 5.41) is 29.0. The first-order chi connectivity index (χ1) is 53.0. The summed E-state index contributed by atoms with van der Waals surface area (Å²) >= 11 is 15.8. The summed E-state index contributed by atoms with van der Waals surface area (Å²) in [4.78, 5) is 105. The van der Waals surface area contributed by atoms with Gasteiger partial charge in [0.05, 0.1) is 133 Å². The van der Waals surface area contributed by atoms with E-state index in [9.17, 15) is 33.6 Å². The van der Waals surface area contributed by atoms with Crippen molar-refractivity contribution in [2.45, 2.75) is 92.3 Å². The lowest BCUT2D eigenvalue weighted by atomic mass is 9.94. The molecule has 0 radical (unpaired) electrons. The lowest BCUT2D eigenvalue weighted by molar-refractivity contribution is -0.136. The van der Waals surface area contributed by atoms with E-state index in [4.69, 9.17) is 87.3 Å². The maximum absolute atomic E-state index is 13.6. The Kier molecular flexibility index (Phi) is 28.9. The largest absolute Gasteiger partial charge is 0.383 e. The van der Waals surface area contributed by atoms with Gasteiger partial charge < -0.3 is 64.7 Å². The van der Waals surface area contributed by atoms with E-state index in [1.807, 2.05) is 78.4 Å². The van der Waals surface area contributed by atoms with E-state index in [1.165, 1.54) is 6.07 Å². The second-order valence-corrected chi connectivity index (χ2v) is 30.6. The van der Waals surface area contributed by atoms with Crippen LogP contribution < -0.4 is 27.4 Å². The van der Waals surface area contributed by atoms with Crippen LogP contribution in [-0.2, 0) is 66.6 Å². The zero-order valence-corrected chi connectivity index (χ0v) is 65.6. The Morgan fingerprint density at radius 3 is 1.45 bits per heavy atom. The number of benzene rings is 3. The van der Waals surface area contributed by atoms with Crippen molar-refractivity contribution in [1.29, 1.82) is 0 Å². The van der Waals surface area contributed by atoms with E-state index in [2.05, 4.69) is 64.0 Å². The number of anilines is 1. The number of hydrogen-bond donors (Lipinski definition) is 5. The molecule has 0 spiro atoms. The lowest BCUT2D eigenvalue weighted by Crippen LogP contribution is -2.54. The molecule has 5 atom stereocenters. The van der Waals surface area contributed by atoms with Crippen molar-refractivity contribution in [2.24, 2.45) is 38.7 Å². The highest BCUT2D eigenvalue weighted by atomic mass is 35.5. The van der Waals surface area contributed by atoms with E-state index in [0.29, 0.717) is 50.5 Å². The predicted octanol–water partition coefficient (Wildman–Crippen LogP) is 7.38. The highest BCUT2D eigenvalue weighted by Crippen LogP contribution is 2.44. The van der Waals surface area contributed by atoms with Crippen LogP contribution in [-0.4, -0.2) is 225 Å². The van der Waals surface area contributed by atoms with Gasteiger partial charge in [-0.25, -0.2) is 0 Å². The number of aliphatic imine (C=N–C) groups is 2. The van der Waals surface area contributed by atoms with Crippen LogP contribution in [0.5, 0.6) is 0 Å². The quantitative estimate of drug-likeness (QED) is 0.0184. The highest BCUT2D eigenvalue weighted by molar-refractivity contribution is 7.15. The average Bonchev–Trinajstić information content (AvgIpc) is 1.60. The molecular formula is C76H92Cl2N14O16S2. The molecule has 7 N–H and O–H groups in total. The number of nitrogens with two attached hydrogens (primary N) is 2. The summed E-state index contributed by atoms with van der Waals surface area (Å²) in [6, 6.07) is 17.1. The van der Waals surface area contributed by atoms with Crippen LogP contribution in [0.15, 0.2) is 76.7 Å². The first-order valence-corrected chi connectivity index (χ1v) is 38.8. The van der Waals surface area contributed by atoms with Crippen molar-refractivity contribution < 1.29 is 76.2 Å². The van der Waals surface area contributed by atoms with Crippen molar-refractivity contribution >= 4 is 104 Å². The predicted molar refractivity (Wildman–Crippen MR) is 411 cm³/mol. The van der Waals surface area contributed by atoms with Crippen molar-refractivity contribution in [1.82, 2.24) is 45.1 Å². The zero-order valence-electron chi connectivity index (χ0n) is 62.5. The summed E-state index contributed by atoms with van der Waals surface area (Å²) in [5.41, 5.74) is 19.2. The summed E-state index contributed by atoms with van der Waals surface area (Å²) < 4.78 is 57.3. The molecule has 34 heteroatoms. The number of rotatable bonds is 43. The van der Waals surface area contributed by atoms with Crippen LogP contribution in [0.4, 0.5) is 5.69 Å². The number of thiophene rings is 2. The fraction of sp³-hybridized carbons (Fsp3) is 0.487. The maximum Gasteiger partial charge on any atom is 0.264 e. The molecule has 588 valence electrons. The van der Waals surface area contributed by atoms with Crippen molar-refractivity contribution in [2.75, 3.05) is 137 Å². The molecule has 4 aliphatic rings. The van der Waals surface area contributed by atoms with Crippen LogP contribution in [0.3, 0.4) is 0 Å². The van der Waals surface area contributed by atoms with Gasteiger partial charge in [0.25, 0.3) is 11.8 Å². The van der Waals surface area contributed by atoms with Gasteiger partial charge in [-0.1, -0.05) is 60.5 Å². The Morgan fingerprint density at radius 1 is 0.564 bits per heavy atom. The number of amides is 7. The molecule has 3 aromatic carbocycles. The molecule has 7 amide bonds. The fourth-order valence-electron chi connectivity index (χ4n) is 13.4. The number of nitrogens with one attached hydrogen (secondary N) is 3. The van der Waals surface area contributed by atoms with Crippen LogP contribution in [0.25, 0.3) is 10.0 Å². The molecule has 0 aliphatic carbocycles. The summed E-state index contributed by atoms with van der Waals surface area (Å²) in [6.07, 6.45) is 0.561. The third kappa shape index (κ3) is 19.8. The molecule has 0 bridgehead atoms. The molecule has 4 aromatic heterocycles. The minimum atomic E-state index is -1.11. The molecule has 1 fully saturated rings. The number of carbonyl (C=O) groups excluding carboxylic acids is 7. The van der Waals surface area contributed by atoms with Gasteiger partial charge in [-0.2, -0.15) is 0 Å². The molecule has 30 nitrogen and oxygen atoms in total. The van der Waals surface area contributed by atoms with Gasteiger partial charge in [0.15, 0.2) is 11.6 Å². The summed E-state index contributed by atoms with van der Waals surface area (Å²) in [7, 11) is 0. The van der Waals surface area contributed by atoms with E-state index < -0.39 is 76.7 Å². The van der Waals surface area contributed by atoms with Gasteiger partial charge in [0.2, 0.25) is 29.5 Å². The Labute approximate surface area is 654 Å². The molecule has 1 saturated heterocycles. The van der Waals surface area contributed by atoms with Crippen molar-refractivity contribution in [3.05, 3.63) is 154 Å². The van der Waals surface area contributed by atoms with Gasteiger partial charge >= 0.3 is 0 Å². The summed E-state index contributed by atoms with van der Waals surface area (Å²) in [5.74, 6) is -3.11. The molecule has 3 unspecified atom stereocenters. The average molecular weight is 1590 g/mol. The maximum atomic E-state index is 13.6. The molecular weight excluding hydrogens is 1500 g/mol. The smallest absolute Gasteiger partial charge is 0.264 e. The van der Waals surface area contributed by atoms with Crippen LogP contribution in [0.2, 0.25) is 10.0 Å². The third-order valence-electron chi connectivity index (χ3n) is 19.3. The zero-order chi connectivity index (χ0) is 78.2. The number of aromatic nitrogens is 6. The monoisotopic (exact) mass is 1590 g/mol. The van der Waals surface area contributed by atoms with E-state index in [-0.39, 0.29) is 169 Å². The number of nitrogens with zero attached hydrogens (tertiary/aromatic N) is 9. The minimum absolute atomic E-state index is 0.00348. The van der Waals surface area contributed by atoms with E-state index in [1.54, 1.807) is 34.8 Å². The Morgan fingerprint density at radius 2 is 1.00 bits per heavy atom. The second kappa shape index (κ2) is 38.5. The standard InChI is InChI=1S/C76H92Cl2N14O16S2/c1-43-45(3)109-74-60(43)63(49-11-15-51(77)16-12-49)84-65(69-88-86-47(5)90(69)74)54(67(79)95)21-25-100-27-29-102-31-33-104-35-37-106-40-76(7,42-108-39-59(94)82-24-23-81-56-10-8-9-53-62(56)73(99)92(72(53)98)57-19-20-58(93)83-71(57)97)41-107-38-36-105-34-32-103-30-28-101-26-22-55(68(80)96)66-70-89-87-48(6)91(70)75-61(44(2)46(4)110-75)64(85-66)50-13-17-52(78)18-14-50/h8-18,54-55,57,65-66,81H,19-42H2,1-7H3,(H2,79,95)(H2,80,96)(H,82,94)(H,83,93,97)/t54?,55?,57?,65-,66-,76?/m0/s1. The molecule has 7 aromatic rings. The van der Waals surface area contributed by atoms with Gasteiger partial charge in [-0.05, 0) is 108 Å². The van der Waals surface area contributed by atoms with Gasteiger partial charge in [0, 0.05) is 85.9 Å². The van der Waals surface area contributed by atoms with Gasteiger partial charge in [-0.3, -0.25) is 62.9 Å². The number of hydrogen-bond acceptors (Lipinski definition) is 25. The van der Waals surface area contributed by atoms with Crippen LogP contribution >= 0.6 is 45.9 Å². The molecule has 4 aliphatic heterocycles. The molecule has 0 saturated carbocycles. The number of piperidine rings is 1. The van der Waals surface area contributed by atoms with Gasteiger partial charge in [0.1, 0.15) is 46.4 Å².